The van der Waals surface area contributed by atoms with Crippen LogP contribution < -0.4 is 5.32 Å². The zero-order valence-corrected chi connectivity index (χ0v) is 11.0. The maximum absolute atomic E-state index is 12.9. The first-order valence-corrected chi connectivity index (χ1v) is 6.49. The van der Waals surface area contributed by atoms with E-state index in [0.29, 0.717) is 10.7 Å². The van der Waals surface area contributed by atoms with E-state index in [9.17, 15) is 9.50 Å². The molecule has 4 nitrogen and oxygen atoms in total. The van der Waals surface area contributed by atoms with E-state index < -0.39 is 5.82 Å². The molecule has 1 unspecified atom stereocenters. The van der Waals surface area contributed by atoms with Crippen LogP contribution in [0.1, 0.15) is 30.5 Å². The normalized spacial score (nSPS) is 12.4. The molecule has 2 N–H and O–H groups in total. The Morgan fingerprint density at radius 3 is 2.83 bits per heavy atom. The van der Waals surface area contributed by atoms with Gasteiger partial charge < -0.3 is 10.4 Å². The highest BCUT2D eigenvalue weighted by Gasteiger charge is 2.13. The number of nitrogens with one attached hydrogen (secondary N) is 1. The Bertz CT molecular complexity index is 544. The number of phenols is 1. The van der Waals surface area contributed by atoms with Crippen molar-refractivity contribution in [1.82, 2.24) is 10.2 Å². The van der Waals surface area contributed by atoms with Crippen LogP contribution >= 0.6 is 11.3 Å². The van der Waals surface area contributed by atoms with Crippen molar-refractivity contribution in [2.24, 2.45) is 0 Å². The molecule has 0 aliphatic carbocycles. The summed E-state index contributed by atoms with van der Waals surface area (Å²) < 4.78 is 12.9. The molecule has 2 rings (SSSR count). The third-order valence-electron chi connectivity index (χ3n) is 2.57. The van der Waals surface area contributed by atoms with Crippen molar-refractivity contribution in [3.63, 3.8) is 0 Å². The van der Waals surface area contributed by atoms with Crippen LogP contribution in [-0.4, -0.2) is 15.3 Å². The number of benzene rings is 1. The zero-order valence-electron chi connectivity index (χ0n) is 10.1. The van der Waals surface area contributed by atoms with Crippen LogP contribution in [0.25, 0.3) is 0 Å². The van der Waals surface area contributed by atoms with Crippen LogP contribution in [0.4, 0.5) is 9.52 Å². The molecule has 0 aliphatic rings. The minimum absolute atomic E-state index is 0.0600. The van der Waals surface area contributed by atoms with Crippen molar-refractivity contribution >= 4 is 16.5 Å². The summed E-state index contributed by atoms with van der Waals surface area (Å²) in [6.45, 7) is 3.89. The summed E-state index contributed by atoms with van der Waals surface area (Å²) >= 11 is 1.48. The van der Waals surface area contributed by atoms with Gasteiger partial charge in [0.1, 0.15) is 16.6 Å². The van der Waals surface area contributed by atoms with Crippen molar-refractivity contribution in [2.45, 2.75) is 26.3 Å². The van der Waals surface area contributed by atoms with E-state index in [4.69, 9.17) is 0 Å². The predicted octanol–water partition coefficient (Wildman–Crippen LogP) is 3.12. The molecule has 0 saturated carbocycles. The number of hydrogen-bond acceptors (Lipinski definition) is 5. The smallest absolute Gasteiger partial charge is 0.206 e. The molecule has 1 atom stereocenters. The van der Waals surface area contributed by atoms with Gasteiger partial charge in [-0.1, -0.05) is 24.3 Å². The SMILES string of the molecule is CCc1nnc(NC(C)c2ccc(F)cc2O)s1. The number of nitrogens with zero attached hydrogens (tertiary/aromatic N) is 2. The number of aromatic hydroxyl groups is 1. The summed E-state index contributed by atoms with van der Waals surface area (Å²) in [5.74, 6) is -0.511. The highest BCUT2D eigenvalue weighted by atomic mass is 32.1. The lowest BCUT2D eigenvalue weighted by Gasteiger charge is -2.14. The average molecular weight is 267 g/mol. The summed E-state index contributed by atoms with van der Waals surface area (Å²) in [4.78, 5) is 0. The van der Waals surface area contributed by atoms with Gasteiger partial charge in [-0.3, -0.25) is 0 Å². The van der Waals surface area contributed by atoms with Gasteiger partial charge in [-0.25, -0.2) is 4.39 Å². The predicted molar refractivity (Wildman–Crippen MR) is 69.4 cm³/mol. The van der Waals surface area contributed by atoms with Gasteiger partial charge in [0.15, 0.2) is 0 Å². The second kappa shape index (κ2) is 5.30. The van der Waals surface area contributed by atoms with Gasteiger partial charge in [-0.05, 0) is 19.4 Å². The lowest BCUT2D eigenvalue weighted by molar-refractivity contribution is 0.459. The standard InChI is InChI=1S/C12H14FN3OS/c1-3-11-15-16-12(18-11)14-7(2)9-5-4-8(13)6-10(9)17/h4-7,17H,3H2,1-2H3,(H,14,16). The van der Waals surface area contributed by atoms with Gasteiger partial charge in [0.2, 0.25) is 5.13 Å². The van der Waals surface area contributed by atoms with Crippen LogP contribution in [0.15, 0.2) is 18.2 Å². The number of rotatable bonds is 4. The first kappa shape index (κ1) is 12.8. The third-order valence-corrected chi connectivity index (χ3v) is 3.57. The summed E-state index contributed by atoms with van der Waals surface area (Å²) in [6.07, 6.45) is 0.843. The minimum atomic E-state index is -0.451. The first-order valence-electron chi connectivity index (χ1n) is 5.67. The number of hydrogen-bond donors (Lipinski definition) is 2. The summed E-state index contributed by atoms with van der Waals surface area (Å²) in [5, 5.41) is 22.5. The number of halogens is 1. The van der Waals surface area contributed by atoms with Gasteiger partial charge in [0, 0.05) is 11.6 Å². The first-order chi connectivity index (χ1) is 8.60. The highest BCUT2D eigenvalue weighted by molar-refractivity contribution is 7.15. The zero-order chi connectivity index (χ0) is 13.1. The quantitative estimate of drug-likeness (QED) is 0.893. The van der Waals surface area contributed by atoms with Gasteiger partial charge in [-0.15, -0.1) is 10.2 Å². The average Bonchev–Trinajstić information content (AvgIpc) is 2.76. The molecule has 0 aliphatic heterocycles. The van der Waals surface area contributed by atoms with Crippen LogP contribution in [-0.2, 0) is 6.42 Å². The Balaban J connectivity index is 2.13. The highest BCUT2D eigenvalue weighted by Crippen LogP contribution is 2.28. The molecule has 0 saturated heterocycles. The van der Waals surface area contributed by atoms with E-state index in [0.717, 1.165) is 17.5 Å². The van der Waals surface area contributed by atoms with Crippen LogP contribution in [0.3, 0.4) is 0 Å². The summed E-state index contributed by atoms with van der Waals surface area (Å²) in [6, 6.07) is 3.82. The Morgan fingerprint density at radius 2 is 2.22 bits per heavy atom. The number of aromatic nitrogens is 2. The van der Waals surface area contributed by atoms with E-state index in [-0.39, 0.29) is 11.8 Å². The van der Waals surface area contributed by atoms with E-state index >= 15 is 0 Å². The van der Waals surface area contributed by atoms with Gasteiger partial charge in [-0.2, -0.15) is 0 Å². The fraction of sp³-hybridized carbons (Fsp3) is 0.333. The van der Waals surface area contributed by atoms with Crippen molar-refractivity contribution in [3.8, 4) is 5.75 Å². The van der Waals surface area contributed by atoms with Gasteiger partial charge >= 0.3 is 0 Å². The molecular weight excluding hydrogens is 253 g/mol. The van der Waals surface area contributed by atoms with Crippen molar-refractivity contribution in [1.29, 1.82) is 0 Å². The lowest BCUT2D eigenvalue weighted by atomic mass is 10.1. The molecule has 6 heteroatoms. The molecule has 2 aromatic rings. The third kappa shape index (κ3) is 2.76. The minimum Gasteiger partial charge on any atom is -0.507 e. The van der Waals surface area contributed by atoms with Gasteiger partial charge in [0.25, 0.3) is 0 Å². The molecule has 96 valence electrons. The second-order valence-electron chi connectivity index (χ2n) is 3.92. The van der Waals surface area contributed by atoms with Crippen LogP contribution in [0.2, 0.25) is 0 Å². The molecule has 0 radical (unpaired) electrons. The molecule has 0 fully saturated rings. The number of phenolic OH excluding ortho intramolecular Hbond substituents is 1. The van der Waals surface area contributed by atoms with Crippen molar-refractivity contribution in [3.05, 3.63) is 34.6 Å². The Hall–Kier alpha value is -1.69. The van der Waals surface area contributed by atoms with Crippen molar-refractivity contribution < 1.29 is 9.50 Å². The molecule has 1 heterocycles. The summed E-state index contributed by atoms with van der Waals surface area (Å²) in [7, 11) is 0. The topological polar surface area (TPSA) is 58.0 Å². The molecule has 0 spiro atoms. The van der Waals surface area contributed by atoms with E-state index in [1.165, 1.54) is 17.4 Å². The molecular formula is C12H14FN3OS. The maximum atomic E-state index is 12.9. The maximum Gasteiger partial charge on any atom is 0.206 e. The monoisotopic (exact) mass is 267 g/mol. The van der Waals surface area contributed by atoms with Crippen LogP contribution in [0.5, 0.6) is 5.75 Å². The molecule has 0 amide bonds. The Labute approximate surface area is 109 Å². The van der Waals surface area contributed by atoms with E-state index in [1.807, 2.05) is 13.8 Å². The number of aryl methyl sites for hydroxylation is 1. The molecule has 1 aromatic carbocycles. The molecule has 1 aromatic heterocycles. The summed E-state index contributed by atoms with van der Waals surface area (Å²) in [5.41, 5.74) is 0.629. The fourth-order valence-corrected chi connectivity index (χ4v) is 2.37. The largest absolute Gasteiger partial charge is 0.507 e. The Kier molecular flexibility index (Phi) is 3.76. The molecule has 0 bridgehead atoms. The Morgan fingerprint density at radius 1 is 1.44 bits per heavy atom. The van der Waals surface area contributed by atoms with E-state index in [2.05, 4.69) is 15.5 Å². The fourth-order valence-electron chi connectivity index (χ4n) is 1.60. The molecule has 18 heavy (non-hydrogen) atoms. The van der Waals surface area contributed by atoms with E-state index in [1.54, 1.807) is 6.07 Å². The number of anilines is 1. The van der Waals surface area contributed by atoms with Gasteiger partial charge in [0.05, 0.1) is 6.04 Å². The lowest BCUT2D eigenvalue weighted by Crippen LogP contribution is -2.06. The van der Waals surface area contributed by atoms with Crippen molar-refractivity contribution in [2.75, 3.05) is 5.32 Å². The van der Waals surface area contributed by atoms with Crippen LogP contribution in [0, 0.1) is 5.82 Å². The second-order valence-corrected chi connectivity index (χ2v) is 4.99.